The van der Waals surface area contributed by atoms with E-state index < -0.39 is 4.92 Å². The molecule has 3 heterocycles. The molecule has 0 aliphatic carbocycles. The molecule has 0 fully saturated rings. The molecule has 1 aliphatic rings. The highest BCUT2D eigenvalue weighted by Gasteiger charge is 2.21. The summed E-state index contributed by atoms with van der Waals surface area (Å²) in [6.07, 6.45) is 1.56. The van der Waals surface area contributed by atoms with E-state index in [-0.39, 0.29) is 12.5 Å². The Morgan fingerprint density at radius 1 is 1.35 bits per heavy atom. The first-order chi connectivity index (χ1) is 12.5. The topological polar surface area (TPSA) is 87.4 Å². The number of hydrogen-bond donors (Lipinski definition) is 0. The molecule has 4 rings (SSSR count). The molecule has 2 aromatic heterocycles. The monoisotopic (exact) mass is 389 g/mol. The lowest BCUT2D eigenvalue weighted by Gasteiger charge is -2.20. The quantitative estimate of drug-likeness (QED) is 0.283. The van der Waals surface area contributed by atoms with Crippen LogP contribution in [-0.2, 0) is 17.1 Å². The number of nitro benzene ring substituents is 1. The second-order valence-electron chi connectivity index (χ2n) is 5.89. The normalized spacial score (nSPS) is 13.5. The van der Waals surface area contributed by atoms with Gasteiger partial charge in [0.1, 0.15) is 21.9 Å². The van der Waals surface area contributed by atoms with Gasteiger partial charge in [-0.3, -0.25) is 10.1 Å². The lowest BCUT2D eigenvalue weighted by molar-refractivity contribution is -0.385. The summed E-state index contributed by atoms with van der Waals surface area (Å²) in [5.41, 5.74) is 2.71. The van der Waals surface area contributed by atoms with E-state index in [1.54, 1.807) is 23.7 Å². The van der Waals surface area contributed by atoms with Crippen LogP contribution >= 0.6 is 23.1 Å². The number of thiophene rings is 1. The zero-order valence-corrected chi connectivity index (χ0v) is 15.8. The molecule has 0 N–H and O–H groups in total. The van der Waals surface area contributed by atoms with E-state index in [9.17, 15) is 10.1 Å². The van der Waals surface area contributed by atoms with E-state index >= 15 is 0 Å². The van der Waals surface area contributed by atoms with Crippen molar-refractivity contribution < 1.29 is 14.4 Å². The Labute approximate surface area is 157 Å². The molecule has 9 heteroatoms. The third kappa shape index (κ3) is 3.02. The second kappa shape index (κ2) is 6.82. The van der Waals surface area contributed by atoms with Crippen LogP contribution in [0, 0.1) is 24.0 Å². The third-order valence-corrected chi connectivity index (χ3v) is 6.43. The molecular weight excluding hydrogens is 374 g/mol. The number of hydrogen-bond acceptors (Lipinski definition) is 8. The summed E-state index contributed by atoms with van der Waals surface area (Å²) in [5.74, 6) is 1.20. The number of aromatic nitrogens is 2. The zero-order valence-electron chi connectivity index (χ0n) is 14.1. The smallest absolute Gasteiger partial charge is 0.270 e. The van der Waals surface area contributed by atoms with Gasteiger partial charge in [0.2, 0.25) is 0 Å². The summed E-state index contributed by atoms with van der Waals surface area (Å²) in [4.78, 5) is 21.8. The number of non-ortho nitro benzene ring substituents is 1. The van der Waals surface area contributed by atoms with Crippen LogP contribution < -0.4 is 4.74 Å². The van der Waals surface area contributed by atoms with Gasteiger partial charge in [-0.05, 0) is 19.4 Å². The number of nitro groups is 1. The van der Waals surface area contributed by atoms with Gasteiger partial charge < -0.3 is 9.47 Å². The standard InChI is InChI=1S/C17H15N3O4S2/c1-9-10(2)26-17-14(9)16(18-7-19-17)25-6-12-4-13(20(21)22)3-11-5-23-8-24-15(11)12/h3-4,7H,5-6,8H2,1-2H3. The second-order valence-corrected chi connectivity index (χ2v) is 8.06. The Hall–Kier alpha value is -2.23. The highest BCUT2D eigenvalue weighted by atomic mass is 32.2. The van der Waals surface area contributed by atoms with Crippen molar-refractivity contribution in [3.63, 3.8) is 0 Å². The average Bonchev–Trinajstić information content (AvgIpc) is 2.94. The van der Waals surface area contributed by atoms with Crippen LogP contribution in [0.5, 0.6) is 5.75 Å². The zero-order chi connectivity index (χ0) is 18.3. The summed E-state index contributed by atoms with van der Waals surface area (Å²) >= 11 is 3.18. The predicted octanol–water partition coefficient (Wildman–Crippen LogP) is 4.38. The van der Waals surface area contributed by atoms with Crippen molar-refractivity contribution in [2.75, 3.05) is 6.79 Å². The maximum atomic E-state index is 11.2. The van der Waals surface area contributed by atoms with Crippen molar-refractivity contribution in [3.05, 3.63) is 50.1 Å². The fourth-order valence-corrected chi connectivity index (χ4v) is 4.98. The predicted molar refractivity (Wildman–Crippen MR) is 99.8 cm³/mol. The number of rotatable bonds is 4. The van der Waals surface area contributed by atoms with E-state index in [1.807, 2.05) is 0 Å². The molecule has 0 saturated carbocycles. The van der Waals surface area contributed by atoms with Gasteiger partial charge in [0.05, 0.1) is 11.5 Å². The minimum Gasteiger partial charge on any atom is -0.467 e. The van der Waals surface area contributed by atoms with Gasteiger partial charge in [-0.2, -0.15) is 0 Å². The Kier molecular flexibility index (Phi) is 4.51. The van der Waals surface area contributed by atoms with Gasteiger partial charge in [0, 0.05) is 39.3 Å². The number of nitrogens with zero attached hydrogens (tertiary/aromatic N) is 3. The Balaban J connectivity index is 1.70. The van der Waals surface area contributed by atoms with Crippen molar-refractivity contribution >= 4 is 39.0 Å². The van der Waals surface area contributed by atoms with Crippen LogP contribution in [0.2, 0.25) is 0 Å². The minimum absolute atomic E-state index is 0.0452. The van der Waals surface area contributed by atoms with Crippen LogP contribution in [0.1, 0.15) is 21.6 Å². The number of fused-ring (bicyclic) bond motifs is 2. The molecular formula is C17H15N3O4S2. The molecule has 0 bridgehead atoms. The number of thioether (sulfide) groups is 1. The first kappa shape index (κ1) is 17.2. The number of ether oxygens (including phenoxy) is 2. The number of benzene rings is 1. The first-order valence-electron chi connectivity index (χ1n) is 7.89. The molecule has 0 spiro atoms. The summed E-state index contributed by atoms with van der Waals surface area (Å²) < 4.78 is 10.9. The van der Waals surface area contributed by atoms with Gasteiger partial charge in [-0.15, -0.1) is 23.1 Å². The van der Waals surface area contributed by atoms with Crippen molar-refractivity contribution in [2.24, 2.45) is 0 Å². The van der Waals surface area contributed by atoms with Gasteiger partial charge in [0.15, 0.2) is 6.79 Å². The highest BCUT2D eigenvalue weighted by Crippen LogP contribution is 2.39. The fourth-order valence-electron chi connectivity index (χ4n) is 2.90. The molecule has 1 aliphatic heterocycles. The molecule has 0 atom stereocenters. The Bertz CT molecular complexity index is 1020. The third-order valence-electron chi connectivity index (χ3n) is 4.28. The highest BCUT2D eigenvalue weighted by molar-refractivity contribution is 7.98. The van der Waals surface area contributed by atoms with E-state index in [1.165, 1.54) is 28.3 Å². The van der Waals surface area contributed by atoms with Crippen LogP contribution in [-0.4, -0.2) is 21.7 Å². The fraction of sp³-hybridized carbons (Fsp3) is 0.294. The SMILES string of the molecule is Cc1sc2ncnc(SCc3cc([N+](=O)[O-])cc4c3OCOC4)c2c1C. The van der Waals surface area contributed by atoms with E-state index in [4.69, 9.17) is 9.47 Å². The van der Waals surface area contributed by atoms with Crippen LogP contribution in [0.4, 0.5) is 5.69 Å². The molecule has 0 saturated heterocycles. The molecule has 7 nitrogen and oxygen atoms in total. The van der Waals surface area contributed by atoms with E-state index in [2.05, 4.69) is 23.8 Å². The van der Waals surface area contributed by atoms with Crippen molar-refractivity contribution in [2.45, 2.75) is 31.2 Å². The largest absolute Gasteiger partial charge is 0.467 e. The summed E-state index contributed by atoms with van der Waals surface area (Å²) in [7, 11) is 0. The minimum atomic E-state index is -0.391. The lowest BCUT2D eigenvalue weighted by Crippen LogP contribution is -2.13. The van der Waals surface area contributed by atoms with E-state index in [0.717, 1.165) is 20.8 Å². The van der Waals surface area contributed by atoms with Gasteiger partial charge in [-0.1, -0.05) is 0 Å². The number of aryl methyl sites for hydroxylation is 2. The lowest BCUT2D eigenvalue weighted by atomic mass is 10.1. The first-order valence-corrected chi connectivity index (χ1v) is 9.69. The average molecular weight is 389 g/mol. The molecule has 0 unspecified atom stereocenters. The van der Waals surface area contributed by atoms with Crippen molar-refractivity contribution in [1.82, 2.24) is 9.97 Å². The maximum absolute atomic E-state index is 11.2. The molecule has 1 aromatic carbocycles. The molecule has 0 radical (unpaired) electrons. The van der Waals surface area contributed by atoms with Crippen LogP contribution in [0.15, 0.2) is 23.5 Å². The maximum Gasteiger partial charge on any atom is 0.270 e. The van der Waals surface area contributed by atoms with Crippen molar-refractivity contribution in [1.29, 1.82) is 0 Å². The molecule has 3 aromatic rings. The van der Waals surface area contributed by atoms with Gasteiger partial charge in [-0.25, -0.2) is 9.97 Å². The van der Waals surface area contributed by atoms with E-state index in [0.29, 0.717) is 23.7 Å². The summed E-state index contributed by atoms with van der Waals surface area (Å²) in [6.45, 7) is 4.61. The van der Waals surface area contributed by atoms with Crippen LogP contribution in [0.3, 0.4) is 0 Å². The summed E-state index contributed by atoms with van der Waals surface area (Å²) in [5, 5.41) is 13.2. The summed E-state index contributed by atoms with van der Waals surface area (Å²) in [6, 6.07) is 3.08. The van der Waals surface area contributed by atoms with Gasteiger partial charge >= 0.3 is 0 Å². The Morgan fingerprint density at radius 2 is 2.19 bits per heavy atom. The Morgan fingerprint density at radius 3 is 3.00 bits per heavy atom. The van der Waals surface area contributed by atoms with Crippen molar-refractivity contribution in [3.8, 4) is 5.75 Å². The van der Waals surface area contributed by atoms with Gasteiger partial charge in [0.25, 0.3) is 5.69 Å². The molecule has 26 heavy (non-hydrogen) atoms. The molecule has 134 valence electrons. The molecule has 0 amide bonds. The van der Waals surface area contributed by atoms with Crippen LogP contribution in [0.25, 0.3) is 10.2 Å².